The van der Waals surface area contributed by atoms with Crippen LogP contribution in [0.2, 0.25) is 5.02 Å². The van der Waals surface area contributed by atoms with Gasteiger partial charge in [0.2, 0.25) is 5.82 Å². The van der Waals surface area contributed by atoms with Crippen molar-refractivity contribution < 1.29 is 4.79 Å². The van der Waals surface area contributed by atoms with Crippen molar-refractivity contribution in [3.63, 3.8) is 0 Å². The molecule has 1 aromatic carbocycles. The Morgan fingerprint density at radius 3 is 2.48 bits per heavy atom. The number of amides is 1. The molecule has 3 aliphatic rings. The topological polar surface area (TPSA) is 63.1 Å². The largest absolute Gasteiger partial charge is 0.336 e. The highest BCUT2D eigenvalue weighted by molar-refractivity contribution is 6.32. The fraction of sp³-hybridized carbons (Fsp3) is 0.571. The lowest BCUT2D eigenvalue weighted by atomic mass is 10.0. The first-order chi connectivity index (χ1) is 13.7. The molecular formula is C21H27Cl2N5O. The van der Waals surface area contributed by atoms with Gasteiger partial charge in [-0.2, -0.15) is 0 Å². The van der Waals surface area contributed by atoms with E-state index in [4.69, 9.17) is 11.6 Å². The molecule has 1 aliphatic heterocycles. The summed E-state index contributed by atoms with van der Waals surface area (Å²) >= 11 is 6.37. The van der Waals surface area contributed by atoms with E-state index in [9.17, 15) is 4.79 Å². The number of piperidine rings is 1. The van der Waals surface area contributed by atoms with Gasteiger partial charge < -0.3 is 10.2 Å². The van der Waals surface area contributed by atoms with Gasteiger partial charge in [-0.1, -0.05) is 23.7 Å². The SMILES string of the molecule is Cl.O=C(c1nc(C2CC2)n(-c2ccccc2Cl)n1)N1CCC(NCC2CC2)CC1. The summed E-state index contributed by atoms with van der Waals surface area (Å²) in [6, 6.07) is 8.12. The smallest absolute Gasteiger partial charge is 0.293 e. The van der Waals surface area contributed by atoms with Gasteiger partial charge in [0.05, 0.1) is 10.7 Å². The van der Waals surface area contributed by atoms with Crippen LogP contribution < -0.4 is 5.32 Å². The Bertz CT molecular complexity index is 870. The van der Waals surface area contributed by atoms with E-state index in [-0.39, 0.29) is 18.3 Å². The first-order valence-electron chi connectivity index (χ1n) is 10.4. The van der Waals surface area contributed by atoms with E-state index in [0.29, 0.717) is 22.8 Å². The van der Waals surface area contributed by atoms with Gasteiger partial charge in [-0.05, 0) is 63.1 Å². The number of carbonyl (C=O) groups excluding carboxylic acids is 1. The lowest BCUT2D eigenvalue weighted by Gasteiger charge is -2.31. The summed E-state index contributed by atoms with van der Waals surface area (Å²) in [4.78, 5) is 19.6. The minimum absolute atomic E-state index is 0. The van der Waals surface area contributed by atoms with Crippen LogP contribution in [0.25, 0.3) is 5.69 Å². The third-order valence-corrected chi connectivity index (χ3v) is 6.34. The molecule has 3 fully saturated rings. The minimum Gasteiger partial charge on any atom is -0.336 e. The van der Waals surface area contributed by atoms with Crippen molar-refractivity contribution in [2.24, 2.45) is 5.92 Å². The third kappa shape index (κ3) is 4.60. The second-order valence-electron chi connectivity index (χ2n) is 8.35. The molecule has 2 aliphatic carbocycles. The maximum atomic E-state index is 13.0. The average Bonchev–Trinajstić information content (AvgIpc) is 3.65. The van der Waals surface area contributed by atoms with Gasteiger partial charge in [0, 0.05) is 25.0 Å². The average molecular weight is 436 g/mol. The highest BCUT2D eigenvalue weighted by atomic mass is 35.5. The van der Waals surface area contributed by atoms with Gasteiger partial charge in [0.25, 0.3) is 5.91 Å². The number of hydrogen-bond acceptors (Lipinski definition) is 4. The number of rotatable bonds is 6. The van der Waals surface area contributed by atoms with E-state index in [1.807, 2.05) is 29.2 Å². The zero-order chi connectivity index (χ0) is 19.1. The Morgan fingerprint density at radius 2 is 1.83 bits per heavy atom. The Morgan fingerprint density at radius 1 is 1.10 bits per heavy atom. The molecule has 6 nitrogen and oxygen atoms in total. The van der Waals surface area contributed by atoms with E-state index < -0.39 is 0 Å². The van der Waals surface area contributed by atoms with Crippen molar-refractivity contribution in [3.05, 3.63) is 40.9 Å². The van der Waals surface area contributed by atoms with Crippen molar-refractivity contribution in [2.75, 3.05) is 19.6 Å². The summed E-state index contributed by atoms with van der Waals surface area (Å²) in [5, 5.41) is 8.86. The molecule has 1 amide bonds. The van der Waals surface area contributed by atoms with Crippen LogP contribution in [0.5, 0.6) is 0 Å². The third-order valence-electron chi connectivity index (χ3n) is 6.02. The van der Waals surface area contributed by atoms with E-state index >= 15 is 0 Å². The molecular weight excluding hydrogens is 409 g/mol. The molecule has 2 saturated carbocycles. The first kappa shape index (κ1) is 20.6. The monoisotopic (exact) mass is 435 g/mol. The summed E-state index contributed by atoms with van der Waals surface area (Å²) < 4.78 is 1.77. The zero-order valence-electron chi connectivity index (χ0n) is 16.4. The summed E-state index contributed by atoms with van der Waals surface area (Å²) in [6.07, 6.45) is 6.92. The molecule has 2 aromatic rings. The second-order valence-corrected chi connectivity index (χ2v) is 8.76. The fourth-order valence-electron chi connectivity index (χ4n) is 3.90. The molecule has 0 spiro atoms. The van der Waals surface area contributed by atoms with E-state index in [0.717, 1.165) is 62.7 Å². The number of hydrogen-bond donors (Lipinski definition) is 1. The molecule has 0 radical (unpaired) electrons. The number of para-hydroxylation sites is 1. The molecule has 0 unspecified atom stereocenters. The normalized spacial score (nSPS) is 19.8. The lowest BCUT2D eigenvalue weighted by Crippen LogP contribution is -2.45. The molecule has 1 N–H and O–H groups in total. The molecule has 8 heteroatoms. The molecule has 156 valence electrons. The van der Waals surface area contributed by atoms with Crippen molar-refractivity contribution in [1.82, 2.24) is 25.0 Å². The number of carbonyl (C=O) groups is 1. The lowest BCUT2D eigenvalue weighted by molar-refractivity contribution is 0.0692. The van der Waals surface area contributed by atoms with Crippen LogP contribution in [0.1, 0.15) is 60.9 Å². The molecule has 0 atom stereocenters. The van der Waals surface area contributed by atoms with E-state index in [1.165, 1.54) is 12.8 Å². The second kappa shape index (κ2) is 8.62. The summed E-state index contributed by atoms with van der Waals surface area (Å²) in [6.45, 7) is 2.66. The van der Waals surface area contributed by atoms with Crippen molar-refractivity contribution in [3.8, 4) is 5.69 Å². The van der Waals surface area contributed by atoms with Gasteiger partial charge in [-0.3, -0.25) is 4.79 Å². The molecule has 2 heterocycles. The predicted octanol–water partition coefficient (Wildman–Crippen LogP) is 3.82. The minimum atomic E-state index is -0.0617. The van der Waals surface area contributed by atoms with Gasteiger partial charge >= 0.3 is 0 Å². The Hall–Kier alpha value is -1.63. The number of nitrogens with zero attached hydrogens (tertiary/aromatic N) is 4. The first-order valence-corrected chi connectivity index (χ1v) is 10.8. The highest BCUT2D eigenvalue weighted by Gasteiger charge is 2.34. The number of nitrogens with one attached hydrogen (secondary N) is 1. The number of halogens is 2. The van der Waals surface area contributed by atoms with Gasteiger partial charge in [-0.15, -0.1) is 17.5 Å². The molecule has 0 bridgehead atoms. The van der Waals surface area contributed by atoms with Crippen LogP contribution in [0.4, 0.5) is 0 Å². The highest BCUT2D eigenvalue weighted by Crippen LogP contribution is 2.40. The molecule has 1 saturated heterocycles. The zero-order valence-corrected chi connectivity index (χ0v) is 18.0. The van der Waals surface area contributed by atoms with Crippen LogP contribution in [0.15, 0.2) is 24.3 Å². The standard InChI is InChI=1S/C21H26ClN5O.ClH/c22-17-3-1-2-4-18(17)27-20(15-7-8-15)24-19(25-27)21(28)26-11-9-16(10-12-26)23-13-14-5-6-14;/h1-4,14-16,23H,5-13H2;1H. The van der Waals surface area contributed by atoms with Crippen LogP contribution in [0.3, 0.4) is 0 Å². The van der Waals surface area contributed by atoms with Crippen LogP contribution in [0, 0.1) is 5.92 Å². The molecule has 1 aromatic heterocycles. The number of benzene rings is 1. The summed E-state index contributed by atoms with van der Waals surface area (Å²) in [7, 11) is 0. The van der Waals surface area contributed by atoms with Gasteiger partial charge in [0.1, 0.15) is 5.82 Å². The molecule has 29 heavy (non-hydrogen) atoms. The Balaban J connectivity index is 0.00000205. The van der Waals surface area contributed by atoms with Crippen LogP contribution in [-0.4, -0.2) is 51.2 Å². The van der Waals surface area contributed by atoms with E-state index in [1.54, 1.807) is 4.68 Å². The maximum Gasteiger partial charge on any atom is 0.293 e. The number of aromatic nitrogens is 3. The summed E-state index contributed by atoms with van der Waals surface area (Å²) in [5.41, 5.74) is 0.792. The Kier molecular flexibility index (Phi) is 6.13. The quantitative estimate of drug-likeness (QED) is 0.748. The molecule has 5 rings (SSSR count). The van der Waals surface area contributed by atoms with E-state index in [2.05, 4.69) is 15.4 Å². The van der Waals surface area contributed by atoms with Crippen LogP contribution >= 0.6 is 24.0 Å². The predicted molar refractivity (Wildman–Crippen MR) is 115 cm³/mol. The van der Waals surface area contributed by atoms with Crippen LogP contribution in [-0.2, 0) is 0 Å². The van der Waals surface area contributed by atoms with Gasteiger partial charge in [0.15, 0.2) is 0 Å². The van der Waals surface area contributed by atoms with Crippen molar-refractivity contribution >= 4 is 29.9 Å². The Labute approximate surface area is 182 Å². The van der Waals surface area contributed by atoms with Gasteiger partial charge in [-0.25, -0.2) is 9.67 Å². The fourth-order valence-corrected chi connectivity index (χ4v) is 4.12. The van der Waals surface area contributed by atoms with Crippen molar-refractivity contribution in [1.29, 1.82) is 0 Å². The number of likely N-dealkylation sites (tertiary alicyclic amines) is 1. The van der Waals surface area contributed by atoms with Crippen molar-refractivity contribution in [2.45, 2.75) is 50.5 Å². The summed E-state index contributed by atoms with van der Waals surface area (Å²) in [5.74, 6) is 2.36. The maximum absolute atomic E-state index is 13.0.